The van der Waals surface area contributed by atoms with Crippen LogP contribution in [0.15, 0.2) is 12.5 Å². The number of carboxylic acid groups (broad SMARTS) is 2. The van der Waals surface area contributed by atoms with Crippen LogP contribution < -0.4 is 21.7 Å². The van der Waals surface area contributed by atoms with Crippen LogP contribution in [0.25, 0.3) is 0 Å². The summed E-state index contributed by atoms with van der Waals surface area (Å²) >= 11 is 0. The molecule has 0 spiro atoms. The quantitative estimate of drug-likeness (QED) is 0.140. The molecule has 1 aromatic rings. The minimum atomic E-state index is -1.55. The molecule has 14 heteroatoms. The Hall–Kier alpha value is -3.52. The number of aromatic amines is 1. The van der Waals surface area contributed by atoms with Gasteiger partial charge >= 0.3 is 11.9 Å². The number of carbonyl (C=O) groups is 5. The third-order valence-electron chi connectivity index (χ3n) is 4.66. The van der Waals surface area contributed by atoms with Crippen LogP contribution >= 0.6 is 0 Å². The van der Waals surface area contributed by atoms with Crippen LogP contribution in [0.4, 0.5) is 0 Å². The minimum absolute atomic E-state index is 0.0376. The number of rotatable bonds is 14. The smallest absolute Gasteiger partial charge is 0.328 e. The van der Waals surface area contributed by atoms with E-state index in [0.29, 0.717) is 5.69 Å². The monoisotopic (exact) mass is 470 g/mol. The van der Waals surface area contributed by atoms with Gasteiger partial charge in [0.05, 0.1) is 19.0 Å². The topological polar surface area (TPSA) is 237 Å². The highest BCUT2D eigenvalue weighted by Crippen LogP contribution is 2.06. The summed E-state index contributed by atoms with van der Waals surface area (Å²) in [5, 5.41) is 34.0. The molecule has 3 amide bonds. The lowest BCUT2D eigenvalue weighted by Gasteiger charge is -2.26. The van der Waals surface area contributed by atoms with Crippen molar-refractivity contribution in [3.8, 4) is 0 Å². The Balaban J connectivity index is 2.97. The molecule has 0 radical (unpaired) electrons. The number of aliphatic hydroxyl groups excluding tert-OH is 1. The van der Waals surface area contributed by atoms with E-state index in [1.54, 1.807) is 13.8 Å². The molecule has 1 rings (SSSR count). The first-order valence-corrected chi connectivity index (χ1v) is 10.2. The number of hydrogen-bond donors (Lipinski definition) is 8. The lowest BCUT2D eigenvalue weighted by Crippen LogP contribution is -2.59. The molecular weight excluding hydrogens is 440 g/mol. The van der Waals surface area contributed by atoms with Gasteiger partial charge in [-0.3, -0.25) is 19.2 Å². The second-order valence-electron chi connectivity index (χ2n) is 7.69. The van der Waals surface area contributed by atoms with Crippen molar-refractivity contribution in [3.05, 3.63) is 18.2 Å². The van der Waals surface area contributed by atoms with Crippen molar-refractivity contribution in [1.29, 1.82) is 0 Å². The number of amides is 3. The Morgan fingerprint density at radius 2 is 1.67 bits per heavy atom. The summed E-state index contributed by atoms with van der Waals surface area (Å²) in [4.78, 5) is 66.3. The van der Waals surface area contributed by atoms with Gasteiger partial charge in [0, 0.05) is 24.7 Å². The fraction of sp³-hybridized carbons (Fsp3) is 0.579. The number of aromatic nitrogens is 2. The molecule has 4 atom stereocenters. The number of nitrogens with one attached hydrogen (secondary N) is 4. The number of carbonyl (C=O) groups excluding carboxylic acids is 3. The number of nitrogens with two attached hydrogens (primary N) is 1. The number of H-pyrrole nitrogens is 1. The van der Waals surface area contributed by atoms with Gasteiger partial charge in [-0.15, -0.1) is 0 Å². The molecule has 0 aliphatic heterocycles. The molecule has 0 saturated heterocycles. The van der Waals surface area contributed by atoms with Gasteiger partial charge < -0.3 is 42.0 Å². The second-order valence-corrected chi connectivity index (χ2v) is 7.69. The molecular formula is C19H30N6O8. The Morgan fingerprint density at radius 1 is 1.03 bits per heavy atom. The molecule has 9 N–H and O–H groups in total. The third kappa shape index (κ3) is 9.24. The summed E-state index contributed by atoms with van der Waals surface area (Å²) in [6.45, 7) is 2.39. The number of hydrogen-bond acceptors (Lipinski definition) is 8. The number of nitrogens with zero attached hydrogens (tertiary/aromatic N) is 1. The average molecular weight is 470 g/mol. The summed E-state index contributed by atoms with van der Waals surface area (Å²) in [6, 6.07) is -5.10. The molecule has 1 heterocycles. The Morgan fingerprint density at radius 3 is 2.15 bits per heavy atom. The van der Waals surface area contributed by atoms with Crippen LogP contribution in [0, 0.1) is 5.92 Å². The van der Waals surface area contributed by atoms with Gasteiger partial charge in [-0.2, -0.15) is 0 Å². The molecule has 1 aromatic heterocycles. The van der Waals surface area contributed by atoms with Crippen LogP contribution in [0.2, 0.25) is 0 Å². The highest BCUT2D eigenvalue weighted by Gasteiger charge is 2.32. The first kappa shape index (κ1) is 27.5. The maximum Gasteiger partial charge on any atom is 0.328 e. The zero-order valence-electron chi connectivity index (χ0n) is 18.3. The van der Waals surface area contributed by atoms with Gasteiger partial charge in [-0.05, 0) is 12.3 Å². The van der Waals surface area contributed by atoms with Crippen LogP contribution in [-0.4, -0.2) is 85.7 Å². The van der Waals surface area contributed by atoms with E-state index in [0.717, 1.165) is 0 Å². The fourth-order valence-corrected chi connectivity index (χ4v) is 2.75. The van der Waals surface area contributed by atoms with Crippen molar-refractivity contribution >= 4 is 29.7 Å². The Kier molecular flexibility index (Phi) is 10.9. The zero-order valence-corrected chi connectivity index (χ0v) is 18.3. The van der Waals surface area contributed by atoms with Crippen molar-refractivity contribution in [3.63, 3.8) is 0 Å². The van der Waals surface area contributed by atoms with E-state index in [1.807, 2.05) is 0 Å². The molecule has 0 bridgehead atoms. The van der Waals surface area contributed by atoms with Crippen LogP contribution in [0.1, 0.15) is 32.4 Å². The van der Waals surface area contributed by atoms with Gasteiger partial charge in [0.25, 0.3) is 0 Å². The maximum atomic E-state index is 13.0. The normalized spacial score (nSPS) is 14.6. The van der Waals surface area contributed by atoms with Crippen LogP contribution in [-0.2, 0) is 30.4 Å². The summed E-state index contributed by atoms with van der Waals surface area (Å²) < 4.78 is 0. The minimum Gasteiger partial charge on any atom is -0.481 e. The van der Waals surface area contributed by atoms with E-state index in [1.165, 1.54) is 12.5 Å². The van der Waals surface area contributed by atoms with Gasteiger partial charge in [0.15, 0.2) is 0 Å². The molecule has 184 valence electrons. The van der Waals surface area contributed by atoms with Crippen molar-refractivity contribution in [1.82, 2.24) is 25.9 Å². The first-order valence-electron chi connectivity index (χ1n) is 10.2. The lowest BCUT2D eigenvalue weighted by molar-refractivity contribution is -0.143. The summed E-state index contributed by atoms with van der Waals surface area (Å²) in [5.74, 6) is -5.38. The van der Waals surface area contributed by atoms with E-state index in [2.05, 4.69) is 25.9 Å². The van der Waals surface area contributed by atoms with Gasteiger partial charge in [-0.25, -0.2) is 9.78 Å². The second kappa shape index (κ2) is 13.1. The van der Waals surface area contributed by atoms with Crippen molar-refractivity contribution < 1.29 is 39.3 Å². The lowest BCUT2D eigenvalue weighted by atomic mass is 10.0. The predicted molar refractivity (Wildman–Crippen MR) is 112 cm³/mol. The van der Waals surface area contributed by atoms with E-state index in [-0.39, 0.29) is 19.3 Å². The largest absolute Gasteiger partial charge is 0.481 e. The molecule has 0 aromatic carbocycles. The molecule has 0 aliphatic rings. The van der Waals surface area contributed by atoms with Crippen molar-refractivity contribution in [2.45, 2.75) is 57.3 Å². The molecule has 0 fully saturated rings. The highest BCUT2D eigenvalue weighted by molar-refractivity contribution is 5.94. The van der Waals surface area contributed by atoms with E-state index < -0.39 is 66.4 Å². The standard InChI is InChI=1S/C19H30N6O8/c1-9(2)15(18(31)24-13(7-26)19(32)33)25-17(30)12(5-10-6-21-8-22-10)23-16(29)11(20)3-4-14(27)28/h6,8-9,11-13,15,26H,3-5,7,20H2,1-2H3,(H,21,22)(H,23,29)(H,24,31)(H,25,30)(H,27,28)(H,32,33). The zero-order chi connectivity index (χ0) is 25.1. The Bertz CT molecular complexity index is 828. The van der Waals surface area contributed by atoms with E-state index in [9.17, 15) is 24.0 Å². The van der Waals surface area contributed by atoms with E-state index >= 15 is 0 Å². The number of carboxylic acids is 2. The molecule has 0 aliphatic carbocycles. The third-order valence-corrected chi connectivity index (χ3v) is 4.66. The van der Waals surface area contributed by atoms with Gasteiger partial charge in [0.2, 0.25) is 17.7 Å². The highest BCUT2D eigenvalue weighted by atomic mass is 16.4. The number of aliphatic hydroxyl groups is 1. The Labute approximate surface area is 189 Å². The molecule has 14 nitrogen and oxygen atoms in total. The average Bonchev–Trinajstić information content (AvgIpc) is 3.25. The fourth-order valence-electron chi connectivity index (χ4n) is 2.75. The predicted octanol–water partition coefficient (Wildman–Crippen LogP) is -2.67. The van der Waals surface area contributed by atoms with E-state index in [4.69, 9.17) is 21.1 Å². The van der Waals surface area contributed by atoms with Crippen LogP contribution in [0.5, 0.6) is 0 Å². The van der Waals surface area contributed by atoms with Crippen molar-refractivity contribution in [2.24, 2.45) is 11.7 Å². The summed E-state index contributed by atoms with van der Waals surface area (Å²) in [5.41, 5.74) is 6.20. The number of aliphatic carboxylic acids is 2. The summed E-state index contributed by atoms with van der Waals surface area (Å²) in [6.07, 6.45) is 2.29. The molecule has 0 saturated carbocycles. The van der Waals surface area contributed by atoms with Gasteiger partial charge in [0.1, 0.15) is 18.1 Å². The first-order chi connectivity index (χ1) is 15.5. The SMILES string of the molecule is CC(C)C(NC(=O)C(Cc1cnc[nH]1)NC(=O)C(N)CCC(=O)O)C(=O)NC(CO)C(=O)O. The number of imidazole rings is 1. The molecule has 4 unspecified atom stereocenters. The molecule has 33 heavy (non-hydrogen) atoms. The maximum absolute atomic E-state index is 13.0. The van der Waals surface area contributed by atoms with Gasteiger partial charge in [-0.1, -0.05) is 13.8 Å². The van der Waals surface area contributed by atoms with Crippen LogP contribution in [0.3, 0.4) is 0 Å². The summed E-state index contributed by atoms with van der Waals surface area (Å²) in [7, 11) is 0. The van der Waals surface area contributed by atoms with Crippen molar-refractivity contribution in [2.75, 3.05) is 6.61 Å².